The highest BCUT2D eigenvalue weighted by Crippen LogP contribution is 2.29. The van der Waals surface area contributed by atoms with E-state index in [2.05, 4.69) is 48.4 Å². The SMILES string of the molecule is C[C@H](Sc1nnc(-c2ccc(C(C)(C)C)cc2)o1)C(=O)NC1CCCCC1. The molecule has 1 heterocycles. The number of nitrogens with zero attached hydrogens (tertiary/aromatic N) is 2. The van der Waals surface area contributed by atoms with E-state index in [1.807, 2.05) is 19.1 Å². The van der Waals surface area contributed by atoms with Crippen LogP contribution in [-0.2, 0) is 10.2 Å². The number of aromatic nitrogens is 2. The molecule has 1 aliphatic carbocycles. The molecule has 6 heteroatoms. The van der Waals surface area contributed by atoms with Crippen LogP contribution in [0.5, 0.6) is 0 Å². The Bertz CT molecular complexity index is 758. The molecular formula is C21H29N3O2S. The average molecular weight is 388 g/mol. The fourth-order valence-electron chi connectivity index (χ4n) is 3.26. The highest BCUT2D eigenvalue weighted by atomic mass is 32.2. The highest BCUT2D eigenvalue weighted by molar-refractivity contribution is 8.00. The smallest absolute Gasteiger partial charge is 0.277 e. The van der Waals surface area contributed by atoms with E-state index in [0.717, 1.165) is 18.4 Å². The molecule has 146 valence electrons. The van der Waals surface area contributed by atoms with Crippen molar-refractivity contribution in [2.24, 2.45) is 0 Å². The number of amides is 1. The van der Waals surface area contributed by atoms with Gasteiger partial charge in [-0.15, -0.1) is 10.2 Å². The first kappa shape index (κ1) is 19.9. The molecule has 1 aromatic heterocycles. The number of hydrogen-bond acceptors (Lipinski definition) is 5. The number of carbonyl (C=O) groups excluding carboxylic acids is 1. The van der Waals surface area contributed by atoms with E-state index >= 15 is 0 Å². The Morgan fingerprint density at radius 3 is 2.44 bits per heavy atom. The normalized spacial score (nSPS) is 16.9. The summed E-state index contributed by atoms with van der Waals surface area (Å²) >= 11 is 1.31. The van der Waals surface area contributed by atoms with Crippen LogP contribution >= 0.6 is 11.8 Å². The van der Waals surface area contributed by atoms with Gasteiger partial charge >= 0.3 is 0 Å². The fourth-order valence-corrected chi connectivity index (χ4v) is 3.95. The molecule has 1 aliphatic rings. The van der Waals surface area contributed by atoms with Gasteiger partial charge in [-0.3, -0.25) is 4.79 Å². The van der Waals surface area contributed by atoms with Crippen LogP contribution < -0.4 is 5.32 Å². The number of carbonyl (C=O) groups is 1. The summed E-state index contributed by atoms with van der Waals surface area (Å²) in [5, 5.41) is 11.6. The standard InChI is InChI=1S/C21H29N3O2S/c1-14(18(25)22-17-8-6-5-7-9-17)27-20-24-23-19(26-20)15-10-12-16(13-11-15)21(2,3)4/h10-14,17H,5-9H2,1-4H3,(H,22,25)/t14-/m0/s1. The van der Waals surface area contributed by atoms with E-state index in [4.69, 9.17) is 4.42 Å². The van der Waals surface area contributed by atoms with Gasteiger partial charge in [-0.05, 0) is 42.9 Å². The molecule has 0 radical (unpaired) electrons. The summed E-state index contributed by atoms with van der Waals surface area (Å²) in [7, 11) is 0. The molecule has 1 aromatic carbocycles. The molecule has 0 saturated heterocycles. The molecule has 3 rings (SSSR count). The van der Waals surface area contributed by atoms with Crippen LogP contribution in [-0.4, -0.2) is 27.4 Å². The van der Waals surface area contributed by atoms with Crippen LogP contribution in [0.1, 0.15) is 65.4 Å². The van der Waals surface area contributed by atoms with Crippen molar-refractivity contribution >= 4 is 17.7 Å². The zero-order chi connectivity index (χ0) is 19.4. The predicted octanol–water partition coefficient (Wildman–Crippen LogP) is 4.96. The molecule has 0 aliphatic heterocycles. The van der Waals surface area contributed by atoms with Gasteiger partial charge < -0.3 is 9.73 Å². The van der Waals surface area contributed by atoms with Crippen LogP contribution in [0.4, 0.5) is 0 Å². The van der Waals surface area contributed by atoms with Gasteiger partial charge in [0.15, 0.2) is 0 Å². The Morgan fingerprint density at radius 1 is 1.15 bits per heavy atom. The van der Waals surface area contributed by atoms with Gasteiger partial charge in [0.25, 0.3) is 5.22 Å². The maximum Gasteiger partial charge on any atom is 0.277 e. The van der Waals surface area contributed by atoms with Crippen molar-refractivity contribution in [3.8, 4) is 11.5 Å². The van der Waals surface area contributed by atoms with Gasteiger partial charge in [0.2, 0.25) is 11.8 Å². The third-order valence-corrected chi connectivity index (χ3v) is 5.94. The highest BCUT2D eigenvalue weighted by Gasteiger charge is 2.22. The van der Waals surface area contributed by atoms with Gasteiger partial charge in [-0.2, -0.15) is 0 Å². The summed E-state index contributed by atoms with van der Waals surface area (Å²) in [5.41, 5.74) is 2.25. The van der Waals surface area contributed by atoms with Gasteiger partial charge in [-0.25, -0.2) is 0 Å². The quantitative estimate of drug-likeness (QED) is 0.734. The Hall–Kier alpha value is -1.82. The van der Waals surface area contributed by atoms with Crippen LogP contribution in [0.3, 0.4) is 0 Å². The van der Waals surface area contributed by atoms with Crippen LogP contribution in [0.15, 0.2) is 33.9 Å². The molecule has 1 fully saturated rings. The lowest BCUT2D eigenvalue weighted by atomic mass is 9.87. The molecule has 1 N–H and O–H groups in total. The molecule has 0 spiro atoms. The Labute approximate surface area is 165 Å². The number of thioether (sulfide) groups is 1. The molecule has 0 bridgehead atoms. The Morgan fingerprint density at radius 2 is 1.81 bits per heavy atom. The zero-order valence-corrected chi connectivity index (χ0v) is 17.4. The summed E-state index contributed by atoms with van der Waals surface area (Å²) in [6.07, 6.45) is 5.84. The predicted molar refractivity (Wildman–Crippen MR) is 109 cm³/mol. The first-order chi connectivity index (χ1) is 12.8. The second-order valence-corrected chi connectivity index (χ2v) is 9.60. The molecular weight excluding hydrogens is 358 g/mol. The Balaban J connectivity index is 1.59. The van der Waals surface area contributed by atoms with Crippen LogP contribution in [0.2, 0.25) is 0 Å². The number of benzene rings is 1. The minimum absolute atomic E-state index is 0.0428. The fraction of sp³-hybridized carbons (Fsp3) is 0.571. The molecule has 1 atom stereocenters. The van der Waals surface area contributed by atoms with E-state index < -0.39 is 0 Å². The number of rotatable bonds is 5. The molecule has 1 saturated carbocycles. The number of hydrogen-bond donors (Lipinski definition) is 1. The minimum atomic E-state index is -0.261. The van der Waals surface area contributed by atoms with Gasteiger partial charge in [0, 0.05) is 11.6 Å². The van der Waals surface area contributed by atoms with Crippen molar-refractivity contribution in [2.45, 2.75) is 81.7 Å². The lowest BCUT2D eigenvalue weighted by Crippen LogP contribution is -2.40. The van der Waals surface area contributed by atoms with Crippen molar-refractivity contribution in [2.75, 3.05) is 0 Å². The minimum Gasteiger partial charge on any atom is -0.411 e. The summed E-state index contributed by atoms with van der Waals surface area (Å²) in [4.78, 5) is 12.4. The van der Waals surface area contributed by atoms with Crippen molar-refractivity contribution < 1.29 is 9.21 Å². The molecule has 5 nitrogen and oxygen atoms in total. The molecule has 2 aromatic rings. The maximum absolute atomic E-state index is 12.4. The summed E-state index contributed by atoms with van der Waals surface area (Å²) in [6, 6.07) is 8.50. The summed E-state index contributed by atoms with van der Waals surface area (Å²) in [5.74, 6) is 0.527. The first-order valence-corrected chi connectivity index (χ1v) is 10.6. The lowest BCUT2D eigenvalue weighted by molar-refractivity contribution is -0.121. The Kier molecular flexibility index (Phi) is 6.25. The molecule has 27 heavy (non-hydrogen) atoms. The van der Waals surface area contributed by atoms with Crippen molar-refractivity contribution in [3.05, 3.63) is 29.8 Å². The summed E-state index contributed by atoms with van der Waals surface area (Å²) in [6.45, 7) is 8.43. The second kappa shape index (κ2) is 8.46. The third-order valence-electron chi connectivity index (χ3n) is 5.00. The average Bonchev–Trinajstić information content (AvgIpc) is 3.10. The second-order valence-electron chi connectivity index (χ2n) is 8.30. The van der Waals surface area contributed by atoms with Gasteiger partial charge in [0.05, 0.1) is 5.25 Å². The largest absolute Gasteiger partial charge is 0.411 e. The van der Waals surface area contributed by atoms with E-state index in [1.165, 1.54) is 36.6 Å². The van der Waals surface area contributed by atoms with Crippen LogP contribution in [0, 0.1) is 0 Å². The third kappa shape index (κ3) is 5.34. The van der Waals surface area contributed by atoms with Crippen molar-refractivity contribution in [1.29, 1.82) is 0 Å². The van der Waals surface area contributed by atoms with Gasteiger partial charge in [0.1, 0.15) is 0 Å². The van der Waals surface area contributed by atoms with Crippen LogP contribution in [0.25, 0.3) is 11.5 Å². The van der Waals surface area contributed by atoms with Crippen molar-refractivity contribution in [3.63, 3.8) is 0 Å². The maximum atomic E-state index is 12.4. The molecule has 1 amide bonds. The molecule has 0 unspecified atom stereocenters. The zero-order valence-electron chi connectivity index (χ0n) is 16.6. The van der Waals surface area contributed by atoms with Gasteiger partial charge in [-0.1, -0.05) is 63.9 Å². The van der Waals surface area contributed by atoms with E-state index in [-0.39, 0.29) is 16.6 Å². The van der Waals surface area contributed by atoms with E-state index in [9.17, 15) is 4.79 Å². The lowest BCUT2D eigenvalue weighted by Gasteiger charge is -2.23. The van der Waals surface area contributed by atoms with E-state index in [0.29, 0.717) is 17.2 Å². The van der Waals surface area contributed by atoms with E-state index in [1.54, 1.807) is 0 Å². The monoisotopic (exact) mass is 387 g/mol. The first-order valence-electron chi connectivity index (χ1n) is 9.74. The topological polar surface area (TPSA) is 68.0 Å². The number of nitrogens with one attached hydrogen (secondary N) is 1. The summed E-state index contributed by atoms with van der Waals surface area (Å²) < 4.78 is 5.77. The van der Waals surface area contributed by atoms with Crippen molar-refractivity contribution in [1.82, 2.24) is 15.5 Å².